The van der Waals surface area contributed by atoms with Gasteiger partial charge in [-0.15, -0.1) is 0 Å². The highest BCUT2D eigenvalue weighted by atomic mass is 16.5. The van der Waals surface area contributed by atoms with Crippen LogP contribution in [-0.2, 0) is 9.47 Å². The minimum Gasteiger partial charge on any atom is -0.490 e. The van der Waals surface area contributed by atoms with Crippen molar-refractivity contribution in [3.8, 4) is 22.6 Å². The second-order valence-electron chi connectivity index (χ2n) is 7.77. The molecule has 4 heteroatoms. The molecule has 2 atom stereocenters. The molecule has 0 radical (unpaired) electrons. The second-order valence-corrected chi connectivity index (χ2v) is 7.77. The van der Waals surface area contributed by atoms with Gasteiger partial charge in [0.1, 0.15) is 23.7 Å². The van der Waals surface area contributed by atoms with Gasteiger partial charge in [-0.3, -0.25) is 0 Å². The van der Waals surface area contributed by atoms with Crippen molar-refractivity contribution in [1.29, 1.82) is 0 Å². The molecule has 4 rings (SSSR count). The van der Waals surface area contributed by atoms with Gasteiger partial charge < -0.3 is 18.9 Å². The fraction of sp³-hybridized carbons (Fsp3) is 0.500. The normalized spacial score (nSPS) is 19.4. The van der Waals surface area contributed by atoms with Gasteiger partial charge in [-0.25, -0.2) is 0 Å². The van der Waals surface area contributed by atoms with Crippen LogP contribution in [0.3, 0.4) is 0 Å². The third-order valence-electron chi connectivity index (χ3n) is 5.80. The zero-order valence-corrected chi connectivity index (χ0v) is 16.8. The smallest absolute Gasteiger partial charge is 0.119 e. The molecule has 150 valence electrons. The molecule has 2 aromatic rings. The predicted octanol–water partition coefficient (Wildman–Crippen LogP) is 4.96. The van der Waals surface area contributed by atoms with Crippen LogP contribution in [0.5, 0.6) is 11.5 Å². The Morgan fingerprint density at radius 3 is 1.29 bits per heavy atom. The summed E-state index contributed by atoms with van der Waals surface area (Å²) in [4.78, 5) is 0. The number of benzene rings is 2. The van der Waals surface area contributed by atoms with E-state index in [4.69, 9.17) is 18.9 Å². The molecule has 0 N–H and O–H groups in total. The first-order chi connectivity index (χ1) is 13.8. The van der Waals surface area contributed by atoms with Crippen LogP contribution in [0.1, 0.15) is 26.7 Å². The molecule has 2 aliphatic heterocycles. The lowest BCUT2D eigenvalue weighted by atomic mass is 9.98. The average Bonchev–Trinajstić information content (AvgIpc) is 2.65. The Hall–Kier alpha value is -2.04. The van der Waals surface area contributed by atoms with Crippen LogP contribution in [0, 0.1) is 11.8 Å². The van der Waals surface area contributed by atoms with Gasteiger partial charge in [0.25, 0.3) is 0 Å². The largest absolute Gasteiger partial charge is 0.490 e. The Bertz CT molecular complexity index is 667. The molecule has 2 fully saturated rings. The molecule has 2 unspecified atom stereocenters. The fourth-order valence-electron chi connectivity index (χ4n) is 3.76. The Morgan fingerprint density at radius 1 is 0.679 bits per heavy atom. The molecule has 0 saturated carbocycles. The van der Waals surface area contributed by atoms with Gasteiger partial charge in [-0.2, -0.15) is 0 Å². The van der Waals surface area contributed by atoms with Crippen molar-refractivity contribution in [3.05, 3.63) is 48.5 Å². The van der Waals surface area contributed by atoms with Crippen LogP contribution in [0.25, 0.3) is 11.1 Å². The Kier molecular flexibility index (Phi) is 6.18. The van der Waals surface area contributed by atoms with E-state index < -0.39 is 0 Å². The molecule has 4 nitrogen and oxygen atoms in total. The fourth-order valence-corrected chi connectivity index (χ4v) is 3.76. The first kappa shape index (κ1) is 19.3. The summed E-state index contributed by atoms with van der Waals surface area (Å²) >= 11 is 0. The van der Waals surface area contributed by atoms with Crippen molar-refractivity contribution >= 4 is 0 Å². The average molecular weight is 383 g/mol. The van der Waals surface area contributed by atoms with Crippen molar-refractivity contribution in [2.45, 2.75) is 38.9 Å². The van der Waals surface area contributed by atoms with Crippen LogP contribution in [0.4, 0.5) is 0 Å². The third-order valence-corrected chi connectivity index (χ3v) is 5.80. The Labute approximate surface area is 167 Å². The molecule has 0 aliphatic carbocycles. The molecule has 0 spiro atoms. The van der Waals surface area contributed by atoms with Crippen molar-refractivity contribution in [2.24, 2.45) is 11.8 Å². The standard InChI is InChI=1S/C24H30O4/c1-3-23(19-13-25-14-19)27-21-9-5-17(6-10-21)18-7-11-22(12-8-18)28-24(4-2)20-15-26-16-20/h5-12,19-20,23-24H,3-4,13-16H2,1-2H3. The summed E-state index contributed by atoms with van der Waals surface area (Å²) in [5.74, 6) is 2.90. The lowest BCUT2D eigenvalue weighted by Crippen LogP contribution is -2.40. The van der Waals surface area contributed by atoms with Crippen LogP contribution >= 0.6 is 0 Å². The van der Waals surface area contributed by atoms with Crippen LogP contribution in [0.15, 0.2) is 48.5 Å². The molecule has 0 aromatic heterocycles. The molecule has 2 aromatic carbocycles. The van der Waals surface area contributed by atoms with Crippen LogP contribution < -0.4 is 9.47 Å². The van der Waals surface area contributed by atoms with Gasteiger partial charge in [-0.1, -0.05) is 38.1 Å². The quantitative estimate of drug-likeness (QED) is 0.614. The van der Waals surface area contributed by atoms with Gasteiger partial charge in [0.05, 0.1) is 26.4 Å². The van der Waals surface area contributed by atoms with Crippen molar-refractivity contribution in [1.82, 2.24) is 0 Å². The number of ether oxygens (including phenoxy) is 4. The predicted molar refractivity (Wildman–Crippen MR) is 110 cm³/mol. The SMILES string of the molecule is CCC(Oc1ccc(-c2ccc(OC(CC)C3COC3)cc2)cc1)C1COC1. The lowest BCUT2D eigenvalue weighted by Gasteiger charge is -2.33. The summed E-state index contributed by atoms with van der Waals surface area (Å²) in [5, 5.41) is 0. The van der Waals surface area contributed by atoms with E-state index in [2.05, 4.69) is 62.4 Å². The summed E-state index contributed by atoms with van der Waals surface area (Å²) in [6.07, 6.45) is 2.48. The third kappa shape index (κ3) is 4.34. The first-order valence-electron chi connectivity index (χ1n) is 10.5. The van der Waals surface area contributed by atoms with E-state index in [1.165, 1.54) is 11.1 Å². The highest BCUT2D eigenvalue weighted by molar-refractivity contribution is 5.64. The number of rotatable bonds is 9. The lowest BCUT2D eigenvalue weighted by molar-refractivity contribution is -0.0836. The van der Waals surface area contributed by atoms with Crippen molar-refractivity contribution in [2.75, 3.05) is 26.4 Å². The maximum absolute atomic E-state index is 6.16. The van der Waals surface area contributed by atoms with Gasteiger partial charge in [-0.05, 0) is 48.2 Å². The molecule has 0 amide bonds. The Balaban J connectivity index is 1.37. The summed E-state index contributed by atoms with van der Waals surface area (Å²) in [7, 11) is 0. The van der Waals surface area contributed by atoms with Gasteiger partial charge in [0.2, 0.25) is 0 Å². The maximum atomic E-state index is 6.16. The van der Waals surface area contributed by atoms with E-state index in [0.29, 0.717) is 11.8 Å². The van der Waals surface area contributed by atoms with E-state index in [1.807, 2.05) is 0 Å². The van der Waals surface area contributed by atoms with Gasteiger partial charge in [0.15, 0.2) is 0 Å². The zero-order valence-electron chi connectivity index (χ0n) is 16.8. The minimum atomic E-state index is 0.239. The van der Waals surface area contributed by atoms with Gasteiger partial charge >= 0.3 is 0 Å². The number of hydrogen-bond donors (Lipinski definition) is 0. The maximum Gasteiger partial charge on any atom is 0.119 e. The highest BCUT2D eigenvalue weighted by Gasteiger charge is 2.29. The molecule has 2 saturated heterocycles. The first-order valence-corrected chi connectivity index (χ1v) is 10.5. The molecule has 2 heterocycles. The zero-order chi connectivity index (χ0) is 19.3. The van der Waals surface area contributed by atoms with E-state index >= 15 is 0 Å². The topological polar surface area (TPSA) is 36.9 Å². The van der Waals surface area contributed by atoms with E-state index in [1.54, 1.807) is 0 Å². The summed E-state index contributed by atoms with van der Waals surface area (Å²) in [6.45, 7) is 7.61. The highest BCUT2D eigenvalue weighted by Crippen LogP contribution is 2.29. The van der Waals surface area contributed by atoms with Crippen molar-refractivity contribution < 1.29 is 18.9 Å². The molecular formula is C24H30O4. The molecule has 28 heavy (non-hydrogen) atoms. The molecule has 0 bridgehead atoms. The van der Waals surface area contributed by atoms with Crippen LogP contribution in [0.2, 0.25) is 0 Å². The molecular weight excluding hydrogens is 352 g/mol. The monoisotopic (exact) mass is 382 g/mol. The molecule has 2 aliphatic rings. The van der Waals surface area contributed by atoms with E-state index in [-0.39, 0.29) is 12.2 Å². The van der Waals surface area contributed by atoms with Crippen molar-refractivity contribution in [3.63, 3.8) is 0 Å². The summed E-state index contributed by atoms with van der Waals surface area (Å²) in [5.41, 5.74) is 2.36. The Morgan fingerprint density at radius 2 is 1.04 bits per heavy atom. The van der Waals surface area contributed by atoms with E-state index in [0.717, 1.165) is 50.8 Å². The summed E-state index contributed by atoms with van der Waals surface area (Å²) < 4.78 is 22.9. The van der Waals surface area contributed by atoms with Gasteiger partial charge in [0, 0.05) is 11.8 Å². The summed E-state index contributed by atoms with van der Waals surface area (Å²) in [6, 6.07) is 16.7. The number of hydrogen-bond acceptors (Lipinski definition) is 4. The second kappa shape index (κ2) is 8.97. The minimum absolute atomic E-state index is 0.239. The van der Waals surface area contributed by atoms with E-state index in [9.17, 15) is 0 Å². The van der Waals surface area contributed by atoms with Crippen LogP contribution in [-0.4, -0.2) is 38.6 Å².